The first-order valence-corrected chi connectivity index (χ1v) is 10.4. The van der Waals surface area contributed by atoms with Crippen LogP contribution in [0.2, 0.25) is 0 Å². The monoisotopic (exact) mass is 447 g/mol. The number of thioether (sulfide) groups is 1. The second-order valence-electron chi connectivity index (χ2n) is 6.92. The molecule has 2 N–H and O–H groups in total. The number of carboxylic acid groups (broad SMARTS) is 1. The molecule has 1 fully saturated rings. The Bertz CT molecular complexity index is 1120. The van der Waals surface area contributed by atoms with E-state index in [0.717, 1.165) is 12.5 Å². The van der Waals surface area contributed by atoms with Crippen molar-refractivity contribution in [3.8, 4) is 5.75 Å². The normalized spacial score (nSPS) is 19.8. The molecule has 0 aliphatic carbocycles. The van der Waals surface area contributed by atoms with Gasteiger partial charge in [0.1, 0.15) is 29.4 Å². The molecule has 164 valence electrons. The van der Waals surface area contributed by atoms with Gasteiger partial charge in [-0.2, -0.15) is 0 Å². The number of carboxylic acids is 1. The summed E-state index contributed by atoms with van der Waals surface area (Å²) in [6.45, 7) is 1.40. The number of carbonyl (C=O) groups is 3. The highest BCUT2D eigenvalue weighted by atomic mass is 32.2. The van der Waals surface area contributed by atoms with E-state index in [1.165, 1.54) is 29.7 Å². The lowest BCUT2D eigenvalue weighted by molar-refractivity contribution is -0.153. The summed E-state index contributed by atoms with van der Waals surface area (Å²) in [7, 11) is 1.00. The van der Waals surface area contributed by atoms with Gasteiger partial charge < -0.3 is 24.2 Å². The molecular weight excluding hydrogens is 426 g/mol. The quantitative estimate of drug-likeness (QED) is 0.500. The summed E-state index contributed by atoms with van der Waals surface area (Å²) in [5.41, 5.74) is 0.288. The van der Waals surface area contributed by atoms with Crippen molar-refractivity contribution in [2.24, 2.45) is 5.92 Å². The van der Waals surface area contributed by atoms with Gasteiger partial charge in [-0.25, -0.2) is 9.59 Å². The third kappa shape index (κ3) is 4.49. The van der Waals surface area contributed by atoms with Gasteiger partial charge in [-0.1, -0.05) is 0 Å². The average Bonchev–Trinajstić information content (AvgIpc) is 2.76. The van der Waals surface area contributed by atoms with Crippen molar-refractivity contribution in [3.05, 3.63) is 52.0 Å². The van der Waals surface area contributed by atoms with Crippen LogP contribution in [0.1, 0.15) is 13.3 Å². The minimum Gasteiger partial charge on any atom is -0.489 e. The van der Waals surface area contributed by atoms with Gasteiger partial charge in [0.15, 0.2) is 0 Å². The van der Waals surface area contributed by atoms with Gasteiger partial charge in [0.2, 0.25) is 5.91 Å². The second-order valence-corrected chi connectivity index (χ2v) is 8.03. The Kier molecular flexibility index (Phi) is 6.81. The molecule has 1 amide bonds. The van der Waals surface area contributed by atoms with Crippen LogP contribution in [0, 0.1) is 5.92 Å². The maximum absolute atomic E-state index is 12.4. The van der Waals surface area contributed by atoms with Crippen LogP contribution in [0.4, 0.5) is 0 Å². The molecule has 10 heteroatoms. The van der Waals surface area contributed by atoms with E-state index in [4.69, 9.17) is 14.3 Å². The van der Waals surface area contributed by atoms with Gasteiger partial charge in [-0.05, 0) is 25.1 Å². The summed E-state index contributed by atoms with van der Waals surface area (Å²) in [4.78, 5) is 48.2. The van der Waals surface area contributed by atoms with Crippen molar-refractivity contribution < 1.29 is 33.8 Å². The molecule has 1 aromatic carbocycles. The minimum atomic E-state index is -1.20. The molecule has 0 saturated carbocycles. The first kappa shape index (κ1) is 22.6. The summed E-state index contributed by atoms with van der Waals surface area (Å²) in [5, 5.41) is 17.1. The van der Waals surface area contributed by atoms with Crippen LogP contribution in [0.15, 0.2) is 50.8 Å². The summed E-state index contributed by atoms with van der Waals surface area (Å²) in [6.07, 6.45) is 0.119. The van der Waals surface area contributed by atoms with E-state index in [0.29, 0.717) is 22.7 Å². The predicted molar refractivity (Wildman–Crippen MR) is 113 cm³/mol. The van der Waals surface area contributed by atoms with Crippen molar-refractivity contribution in [1.82, 2.24) is 4.90 Å². The standard InChI is InChI=1S/C20H17NO7S.CH4O/c1-10(22)6-14-18(24)21-17(20(25)26)12(9-29-19(14)21)8-27-13-4-2-11-3-5-16(23)28-15(11)7-13;1-2/h2-5,7,14,19H,6,8-9H2,1H3,(H,25,26);2H,1H3/t14-,19-;/m1./s1. The lowest BCUT2D eigenvalue weighted by Gasteiger charge is -2.49. The summed E-state index contributed by atoms with van der Waals surface area (Å²) in [6, 6.07) is 7.96. The maximum atomic E-state index is 12.4. The van der Waals surface area contributed by atoms with Crippen LogP contribution >= 0.6 is 11.8 Å². The van der Waals surface area contributed by atoms with Crippen LogP contribution < -0.4 is 10.4 Å². The van der Waals surface area contributed by atoms with E-state index in [9.17, 15) is 24.3 Å². The molecule has 0 spiro atoms. The zero-order valence-electron chi connectivity index (χ0n) is 16.9. The molecule has 0 radical (unpaired) electrons. The van der Waals surface area contributed by atoms with Crippen molar-refractivity contribution >= 4 is 40.4 Å². The number of β-lactam (4-membered cyclic amide) rings is 1. The molecule has 2 aromatic rings. The highest BCUT2D eigenvalue weighted by Crippen LogP contribution is 2.45. The third-order valence-electron chi connectivity index (χ3n) is 4.88. The Morgan fingerprint density at radius 1 is 1.23 bits per heavy atom. The molecule has 0 unspecified atom stereocenters. The Morgan fingerprint density at radius 2 is 1.94 bits per heavy atom. The molecule has 2 aliphatic heterocycles. The molecule has 31 heavy (non-hydrogen) atoms. The largest absolute Gasteiger partial charge is 0.489 e. The Balaban J connectivity index is 0.00000132. The van der Waals surface area contributed by atoms with E-state index in [1.807, 2.05) is 0 Å². The van der Waals surface area contributed by atoms with E-state index >= 15 is 0 Å². The summed E-state index contributed by atoms with van der Waals surface area (Å²) < 4.78 is 10.8. The number of amides is 1. The fourth-order valence-corrected chi connectivity index (χ4v) is 4.94. The molecule has 1 aromatic heterocycles. The van der Waals surface area contributed by atoms with E-state index in [-0.39, 0.29) is 35.8 Å². The van der Waals surface area contributed by atoms with Crippen molar-refractivity contribution in [1.29, 1.82) is 0 Å². The molecule has 2 atom stereocenters. The lowest BCUT2D eigenvalue weighted by Crippen LogP contribution is -2.61. The van der Waals surface area contributed by atoms with Crippen molar-refractivity contribution in [2.75, 3.05) is 19.5 Å². The highest BCUT2D eigenvalue weighted by Gasteiger charge is 2.53. The van der Waals surface area contributed by atoms with Gasteiger partial charge in [-0.15, -0.1) is 11.8 Å². The summed E-state index contributed by atoms with van der Waals surface area (Å²) >= 11 is 1.43. The highest BCUT2D eigenvalue weighted by molar-refractivity contribution is 8.00. The molecule has 9 nitrogen and oxygen atoms in total. The molecule has 3 heterocycles. The number of nitrogens with zero attached hydrogens (tertiary/aromatic N) is 1. The molecular formula is C21H21NO8S. The topological polar surface area (TPSA) is 134 Å². The van der Waals surface area contributed by atoms with E-state index in [2.05, 4.69) is 0 Å². The Morgan fingerprint density at radius 3 is 2.61 bits per heavy atom. The number of Topliss-reactive ketones (excluding diaryl/α,β-unsaturated/α-hetero) is 1. The number of aliphatic hydroxyl groups is 1. The third-order valence-corrected chi connectivity index (χ3v) is 6.27. The molecule has 4 rings (SSSR count). The van der Waals surface area contributed by atoms with Crippen LogP contribution in [-0.2, 0) is 14.4 Å². The fourth-order valence-electron chi connectivity index (χ4n) is 3.54. The van der Waals surface area contributed by atoms with Gasteiger partial charge in [0.05, 0.1) is 11.3 Å². The number of benzene rings is 1. The Labute approximate surface area is 181 Å². The molecule has 2 aliphatic rings. The number of aliphatic carboxylic acids is 1. The van der Waals surface area contributed by atoms with Gasteiger partial charge in [-0.3, -0.25) is 9.69 Å². The van der Waals surface area contributed by atoms with Gasteiger partial charge in [0.25, 0.3) is 0 Å². The number of ketones is 1. The van der Waals surface area contributed by atoms with Crippen molar-refractivity contribution in [3.63, 3.8) is 0 Å². The molecule has 0 bridgehead atoms. The van der Waals surface area contributed by atoms with Gasteiger partial charge in [0, 0.05) is 42.4 Å². The zero-order valence-corrected chi connectivity index (χ0v) is 17.7. The number of ether oxygens (including phenoxy) is 1. The number of carbonyl (C=O) groups excluding carboxylic acids is 2. The zero-order chi connectivity index (χ0) is 22.7. The lowest BCUT2D eigenvalue weighted by atomic mass is 9.91. The van der Waals surface area contributed by atoms with Crippen LogP contribution in [0.25, 0.3) is 11.0 Å². The number of hydrogen-bond acceptors (Lipinski definition) is 8. The number of rotatable bonds is 6. The number of aliphatic hydroxyl groups excluding tert-OH is 1. The number of fused-ring (bicyclic) bond motifs is 2. The van der Waals surface area contributed by atoms with Crippen LogP contribution in [-0.4, -0.2) is 57.6 Å². The predicted octanol–water partition coefficient (Wildman–Crippen LogP) is 1.63. The first-order valence-electron chi connectivity index (χ1n) is 9.36. The first-order chi connectivity index (χ1) is 14.8. The average molecular weight is 447 g/mol. The number of hydrogen-bond donors (Lipinski definition) is 2. The summed E-state index contributed by atoms with van der Waals surface area (Å²) in [5.74, 6) is -1.32. The van der Waals surface area contributed by atoms with E-state index in [1.54, 1.807) is 24.3 Å². The van der Waals surface area contributed by atoms with Gasteiger partial charge >= 0.3 is 11.6 Å². The Hall–Kier alpha value is -3.11. The SMILES string of the molecule is CC(=O)C[C@@H]1C(=O)N2C(C(=O)O)=C(COc3ccc4ccc(=O)oc4c3)CS[C@H]12.CO. The minimum absolute atomic E-state index is 0.0227. The smallest absolute Gasteiger partial charge is 0.352 e. The van der Waals surface area contributed by atoms with E-state index < -0.39 is 17.5 Å². The second kappa shape index (κ2) is 9.36. The van der Waals surface area contributed by atoms with Crippen LogP contribution in [0.5, 0.6) is 5.75 Å². The van der Waals surface area contributed by atoms with Crippen LogP contribution in [0.3, 0.4) is 0 Å². The fraction of sp³-hybridized carbons (Fsp3) is 0.333. The van der Waals surface area contributed by atoms with Crippen molar-refractivity contribution in [2.45, 2.75) is 18.7 Å². The maximum Gasteiger partial charge on any atom is 0.352 e. The molecule has 1 saturated heterocycles.